The number of aliphatic carboxylic acids is 1. The maximum Gasteiger partial charge on any atom is 0.321 e. The fraction of sp³-hybridized carbons (Fsp3) is 0.462. The van der Waals surface area contributed by atoms with Gasteiger partial charge in [0.05, 0.1) is 9.82 Å². The van der Waals surface area contributed by atoms with Crippen LogP contribution in [0.3, 0.4) is 0 Å². The summed E-state index contributed by atoms with van der Waals surface area (Å²) in [5.41, 5.74) is -0.0143. The second-order valence-corrected chi connectivity index (χ2v) is 7.06. The number of nitrogens with one attached hydrogen (secondary N) is 1. The van der Waals surface area contributed by atoms with Gasteiger partial charge in [-0.05, 0) is 25.3 Å². The maximum absolute atomic E-state index is 12.2. The molecule has 0 unspecified atom stereocenters. The Morgan fingerprint density at radius 3 is 2.45 bits per heavy atom. The van der Waals surface area contributed by atoms with Gasteiger partial charge in [0.1, 0.15) is 6.04 Å². The van der Waals surface area contributed by atoms with Gasteiger partial charge in [0.25, 0.3) is 5.69 Å². The third kappa shape index (κ3) is 4.50. The van der Waals surface area contributed by atoms with Gasteiger partial charge in [-0.15, -0.1) is 0 Å². The Hall–Kier alpha value is -2.00. The molecule has 8 nitrogen and oxygen atoms in total. The highest BCUT2D eigenvalue weighted by atomic mass is 32.2. The van der Waals surface area contributed by atoms with Crippen molar-refractivity contribution in [2.75, 3.05) is 0 Å². The first kappa shape index (κ1) is 18.1. The first-order valence-electron chi connectivity index (χ1n) is 6.54. The first-order chi connectivity index (χ1) is 10.0. The molecular weight excluding hydrogens is 312 g/mol. The number of hydrogen-bond acceptors (Lipinski definition) is 5. The highest BCUT2D eigenvalue weighted by Gasteiger charge is 2.27. The Morgan fingerprint density at radius 2 is 2.00 bits per heavy atom. The van der Waals surface area contributed by atoms with Gasteiger partial charge < -0.3 is 5.11 Å². The van der Waals surface area contributed by atoms with Gasteiger partial charge in [-0.2, -0.15) is 4.72 Å². The Balaban J connectivity index is 3.16. The van der Waals surface area contributed by atoms with Crippen molar-refractivity contribution < 1.29 is 23.2 Å². The van der Waals surface area contributed by atoms with Crippen molar-refractivity contribution in [3.63, 3.8) is 0 Å². The molecule has 0 aliphatic carbocycles. The molecule has 2 N–H and O–H groups in total. The van der Waals surface area contributed by atoms with Gasteiger partial charge in [-0.1, -0.05) is 19.9 Å². The molecule has 0 spiro atoms. The van der Waals surface area contributed by atoms with Crippen LogP contribution in [0.25, 0.3) is 0 Å². The lowest BCUT2D eigenvalue weighted by atomic mass is 10.1. The summed E-state index contributed by atoms with van der Waals surface area (Å²) >= 11 is 0. The Kier molecular flexibility index (Phi) is 5.61. The number of nitrogens with zero attached hydrogens (tertiary/aromatic N) is 1. The molecule has 22 heavy (non-hydrogen) atoms. The smallest absolute Gasteiger partial charge is 0.321 e. The third-order valence-electron chi connectivity index (χ3n) is 2.99. The molecule has 1 aromatic rings. The number of carboxylic acid groups (broad SMARTS) is 1. The van der Waals surface area contributed by atoms with Crippen molar-refractivity contribution in [2.24, 2.45) is 5.92 Å². The van der Waals surface area contributed by atoms with E-state index in [-0.39, 0.29) is 22.9 Å². The average molecular weight is 330 g/mol. The second kappa shape index (κ2) is 6.84. The van der Waals surface area contributed by atoms with E-state index >= 15 is 0 Å². The van der Waals surface area contributed by atoms with Gasteiger partial charge in [-0.3, -0.25) is 14.9 Å². The molecule has 1 aromatic carbocycles. The summed E-state index contributed by atoms with van der Waals surface area (Å²) in [5.74, 6) is -1.32. The predicted molar refractivity (Wildman–Crippen MR) is 79.0 cm³/mol. The topological polar surface area (TPSA) is 127 Å². The van der Waals surface area contributed by atoms with Crippen LogP contribution in [0.1, 0.15) is 25.8 Å². The third-order valence-corrected chi connectivity index (χ3v) is 4.46. The van der Waals surface area contributed by atoms with E-state index in [2.05, 4.69) is 4.72 Å². The van der Waals surface area contributed by atoms with Crippen LogP contribution in [-0.4, -0.2) is 30.5 Å². The number of nitro groups is 1. The van der Waals surface area contributed by atoms with E-state index in [1.54, 1.807) is 13.8 Å². The molecule has 1 rings (SSSR count). The minimum Gasteiger partial charge on any atom is -0.480 e. The SMILES string of the molecule is Cc1ccc(S(=O)(=O)N[C@H](CC(C)C)C(=O)O)cc1[N+](=O)[O-]. The summed E-state index contributed by atoms with van der Waals surface area (Å²) in [6.45, 7) is 5.02. The van der Waals surface area contributed by atoms with E-state index in [9.17, 15) is 23.3 Å². The minimum absolute atomic E-state index is 0.0313. The van der Waals surface area contributed by atoms with Crippen LogP contribution in [-0.2, 0) is 14.8 Å². The van der Waals surface area contributed by atoms with E-state index in [4.69, 9.17) is 5.11 Å². The lowest BCUT2D eigenvalue weighted by Crippen LogP contribution is -2.41. The molecule has 1 atom stereocenters. The molecule has 0 fully saturated rings. The summed E-state index contributed by atoms with van der Waals surface area (Å²) < 4.78 is 26.5. The monoisotopic (exact) mass is 330 g/mol. The summed E-state index contributed by atoms with van der Waals surface area (Å²) in [7, 11) is -4.16. The highest BCUT2D eigenvalue weighted by molar-refractivity contribution is 7.89. The van der Waals surface area contributed by atoms with Crippen LogP contribution in [0.15, 0.2) is 23.1 Å². The molecule has 0 saturated carbocycles. The van der Waals surface area contributed by atoms with Crippen LogP contribution in [0.4, 0.5) is 5.69 Å². The van der Waals surface area contributed by atoms with Gasteiger partial charge in [-0.25, -0.2) is 8.42 Å². The quantitative estimate of drug-likeness (QED) is 0.578. The minimum atomic E-state index is -4.16. The molecular formula is C13H18N2O6S. The fourth-order valence-electron chi connectivity index (χ4n) is 1.88. The lowest BCUT2D eigenvalue weighted by Gasteiger charge is -2.16. The summed E-state index contributed by atoms with van der Waals surface area (Å²) in [5, 5.41) is 20.0. The van der Waals surface area contributed by atoms with Crippen LogP contribution < -0.4 is 4.72 Å². The number of hydrogen-bond donors (Lipinski definition) is 2. The second-order valence-electron chi connectivity index (χ2n) is 5.35. The maximum atomic E-state index is 12.2. The zero-order valence-corrected chi connectivity index (χ0v) is 13.3. The number of benzene rings is 1. The Bertz CT molecular complexity index is 684. The molecule has 122 valence electrons. The van der Waals surface area contributed by atoms with Crippen molar-refractivity contribution in [1.82, 2.24) is 4.72 Å². The van der Waals surface area contributed by atoms with E-state index in [0.29, 0.717) is 5.56 Å². The van der Waals surface area contributed by atoms with E-state index in [0.717, 1.165) is 6.07 Å². The average Bonchev–Trinajstić information content (AvgIpc) is 2.36. The predicted octanol–water partition coefficient (Wildman–Crippen LogP) is 1.68. The number of rotatable bonds is 7. The van der Waals surface area contributed by atoms with Crippen molar-refractivity contribution in [3.8, 4) is 0 Å². The lowest BCUT2D eigenvalue weighted by molar-refractivity contribution is -0.385. The number of carbonyl (C=O) groups is 1. The molecule has 0 amide bonds. The Labute approximate surface area is 128 Å². The first-order valence-corrected chi connectivity index (χ1v) is 8.03. The zero-order chi connectivity index (χ0) is 17.1. The molecule has 9 heteroatoms. The highest BCUT2D eigenvalue weighted by Crippen LogP contribution is 2.22. The molecule has 0 aliphatic rings. The van der Waals surface area contributed by atoms with Crippen LogP contribution in [0.2, 0.25) is 0 Å². The van der Waals surface area contributed by atoms with Crippen LogP contribution >= 0.6 is 0 Å². The summed E-state index contributed by atoms with van der Waals surface area (Å²) in [4.78, 5) is 21.0. The zero-order valence-electron chi connectivity index (χ0n) is 12.4. The molecule has 0 heterocycles. The van der Waals surface area contributed by atoms with Crippen molar-refractivity contribution in [2.45, 2.75) is 38.1 Å². The van der Waals surface area contributed by atoms with Gasteiger partial charge in [0.15, 0.2) is 0 Å². The van der Waals surface area contributed by atoms with Crippen molar-refractivity contribution in [1.29, 1.82) is 0 Å². The number of aryl methyl sites for hydroxylation is 1. The van der Waals surface area contributed by atoms with E-state index in [1.807, 2.05) is 0 Å². The fourth-order valence-corrected chi connectivity index (χ4v) is 3.10. The number of sulfonamides is 1. The van der Waals surface area contributed by atoms with E-state index < -0.39 is 27.0 Å². The van der Waals surface area contributed by atoms with Crippen molar-refractivity contribution >= 4 is 21.7 Å². The number of carboxylic acids is 1. The van der Waals surface area contributed by atoms with Gasteiger partial charge in [0, 0.05) is 11.6 Å². The van der Waals surface area contributed by atoms with Crippen molar-refractivity contribution in [3.05, 3.63) is 33.9 Å². The molecule has 0 saturated heterocycles. The Morgan fingerprint density at radius 1 is 1.41 bits per heavy atom. The normalized spacial score (nSPS) is 13.1. The standard InChI is InChI=1S/C13H18N2O6S/c1-8(2)6-11(13(16)17)14-22(20,21)10-5-4-9(3)12(7-10)15(18)19/h4-5,7-8,11,14H,6H2,1-3H3,(H,16,17)/t11-/m1/s1. The van der Waals surface area contributed by atoms with E-state index in [1.165, 1.54) is 19.1 Å². The molecule has 0 aliphatic heterocycles. The van der Waals surface area contributed by atoms with Gasteiger partial charge >= 0.3 is 5.97 Å². The van der Waals surface area contributed by atoms with Crippen LogP contribution in [0, 0.1) is 23.0 Å². The van der Waals surface area contributed by atoms with Crippen LogP contribution in [0.5, 0.6) is 0 Å². The molecule has 0 radical (unpaired) electrons. The summed E-state index contributed by atoms with van der Waals surface area (Å²) in [6.07, 6.45) is 0.114. The summed E-state index contributed by atoms with van der Waals surface area (Å²) in [6, 6.07) is 2.15. The van der Waals surface area contributed by atoms with Gasteiger partial charge in [0.2, 0.25) is 10.0 Å². The largest absolute Gasteiger partial charge is 0.480 e. The number of nitro benzene ring substituents is 1. The molecule has 0 aromatic heterocycles. The molecule has 0 bridgehead atoms.